The Bertz CT molecular complexity index is 683. The van der Waals surface area contributed by atoms with Gasteiger partial charge in [-0.1, -0.05) is 12.1 Å². The summed E-state index contributed by atoms with van der Waals surface area (Å²) in [6, 6.07) is 10.3. The number of hydrogen-bond acceptors (Lipinski definition) is 5. The van der Waals surface area contributed by atoms with E-state index in [4.69, 9.17) is 14.6 Å². The maximum Gasteiger partial charge on any atom is 0.345 e. The van der Waals surface area contributed by atoms with E-state index in [1.165, 1.54) is 12.1 Å². The summed E-state index contributed by atoms with van der Waals surface area (Å²) in [5, 5.41) is 11.6. The fraction of sp³-hybridized carbons (Fsp3) is 0.250. The van der Waals surface area contributed by atoms with Gasteiger partial charge in [0.05, 0.1) is 11.5 Å². The Kier molecular flexibility index (Phi) is 6.13. The molecule has 1 amide bonds. The van der Waals surface area contributed by atoms with Crippen molar-refractivity contribution in [3.63, 3.8) is 0 Å². The number of aromatic carboxylic acids is 1. The van der Waals surface area contributed by atoms with E-state index in [1.54, 1.807) is 7.11 Å². The number of carboxylic acids is 1. The first-order chi connectivity index (χ1) is 11.1. The van der Waals surface area contributed by atoms with Crippen LogP contribution in [0, 0.1) is 0 Å². The predicted molar refractivity (Wildman–Crippen MR) is 86.3 cm³/mol. The molecule has 0 aliphatic rings. The van der Waals surface area contributed by atoms with Crippen LogP contribution in [0.4, 0.5) is 0 Å². The number of carbonyl (C=O) groups is 2. The molecule has 122 valence electrons. The van der Waals surface area contributed by atoms with Gasteiger partial charge in [0, 0.05) is 13.7 Å². The van der Waals surface area contributed by atoms with Gasteiger partial charge in [-0.2, -0.15) is 0 Å². The highest BCUT2D eigenvalue weighted by molar-refractivity contribution is 7.15. The molecule has 0 bridgehead atoms. The number of methoxy groups -OCH3 is 1. The SMILES string of the molecule is COCCOc1cccc(CNC(=O)c2ccc(C(=O)O)s2)c1. The minimum Gasteiger partial charge on any atom is -0.491 e. The lowest BCUT2D eigenvalue weighted by Crippen LogP contribution is -2.21. The second-order valence-electron chi connectivity index (χ2n) is 4.64. The van der Waals surface area contributed by atoms with Crippen LogP contribution in [-0.4, -0.2) is 37.3 Å². The first-order valence-corrected chi connectivity index (χ1v) is 7.74. The number of amides is 1. The summed E-state index contributed by atoms with van der Waals surface area (Å²) in [5.41, 5.74) is 0.892. The molecule has 2 rings (SSSR count). The van der Waals surface area contributed by atoms with Crippen molar-refractivity contribution in [1.29, 1.82) is 0 Å². The summed E-state index contributed by atoms with van der Waals surface area (Å²) >= 11 is 0.951. The zero-order chi connectivity index (χ0) is 16.7. The molecule has 0 saturated carbocycles. The van der Waals surface area contributed by atoms with Crippen molar-refractivity contribution in [2.45, 2.75) is 6.54 Å². The first-order valence-electron chi connectivity index (χ1n) is 6.92. The largest absolute Gasteiger partial charge is 0.491 e. The van der Waals surface area contributed by atoms with Crippen LogP contribution in [0.5, 0.6) is 5.75 Å². The fourth-order valence-corrected chi connectivity index (χ4v) is 2.59. The molecule has 1 heterocycles. The zero-order valence-electron chi connectivity index (χ0n) is 12.6. The summed E-state index contributed by atoms with van der Waals surface area (Å²) in [6.45, 7) is 1.30. The molecule has 0 radical (unpaired) electrons. The molecule has 2 aromatic rings. The van der Waals surface area contributed by atoms with Crippen molar-refractivity contribution in [2.24, 2.45) is 0 Å². The van der Waals surface area contributed by atoms with Crippen molar-refractivity contribution >= 4 is 23.2 Å². The van der Waals surface area contributed by atoms with Crippen molar-refractivity contribution in [3.8, 4) is 5.75 Å². The topological polar surface area (TPSA) is 84.9 Å². The molecule has 0 saturated heterocycles. The number of rotatable bonds is 8. The molecule has 0 aliphatic carbocycles. The highest BCUT2D eigenvalue weighted by Gasteiger charge is 2.12. The zero-order valence-corrected chi connectivity index (χ0v) is 13.4. The number of carbonyl (C=O) groups excluding carboxylic acids is 1. The van der Waals surface area contributed by atoms with Crippen molar-refractivity contribution in [3.05, 3.63) is 51.7 Å². The third-order valence-corrected chi connectivity index (χ3v) is 4.02. The van der Waals surface area contributed by atoms with Gasteiger partial charge < -0.3 is 19.9 Å². The Morgan fingerprint density at radius 3 is 2.65 bits per heavy atom. The average Bonchev–Trinajstić information content (AvgIpc) is 3.04. The average molecular weight is 335 g/mol. The molecule has 0 unspecified atom stereocenters. The van der Waals surface area contributed by atoms with Crippen LogP contribution in [0.1, 0.15) is 24.9 Å². The monoisotopic (exact) mass is 335 g/mol. The summed E-state index contributed by atoms with van der Waals surface area (Å²) in [7, 11) is 1.61. The van der Waals surface area contributed by atoms with Crippen molar-refractivity contribution in [1.82, 2.24) is 5.32 Å². The summed E-state index contributed by atoms with van der Waals surface area (Å²) in [5.74, 6) is -0.624. The minimum absolute atomic E-state index is 0.142. The Morgan fingerprint density at radius 2 is 1.96 bits per heavy atom. The molecular weight excluding hydrogens is 318 g/mol. The lowest BCUT2D eigenvalue weighted by atomic mass is 10.2. The molecule has 6 nitrogen and oxygen atoms in total. The van der Waals surface area contributed by atoms with Crippen molar-refractivity contribution < 1.29 is 24.2 Å². The van der Waals surface area contributed by atoms with E-state index in [2.05, 4.69) is 5.32 Å². The lowest BCUT2D eigenvalue weighted by molar-refractivity contribution is 0.0702. The fourth-order valence-electron chi connectivity index (χ4n) is 1.83. The van der Waals surface area contributed by atoms with Gasteiger partial charge in [-0.15, -0.1) is 11.3 Å². The van der Waals surface area contributed by atoms with Gasteiger partial charge in [0.2, 0.25) is 0 Å². The molecular formula is C16H17NO5S. The molecule has 0 atom stereocenters. The molecule has 0 aliphatic heterocycles. The third kappa shape index (κ3) is 5.08. The van der Waals surface area contributed by atoms with Gasteiger partial charge in [-0.25, -0.2) is 4.79 Å². The predicted octanol–water partition coefficient (Wildman–Crippen LogP) is 2.40. The number of hydrogen-bond donors (Lipinski definition) is 2. The Morgan fingerprint density at radius 1 is 1.17 bits per heavy atom. The number of carboxylic acid groups (broad SMARTS) is 1. The van der Waals surface area contributed by atoms with Gasteiger partial charge in [-0.05, 0) is 29.8 Å². The molecule has 0 fully saturated rings. The highest BCUT2D eigenvalue weighted by atomic mass is 32.1. The number of benzene rings is 1. The number of thiophene rings is 1. The van der Waals surface area contributed by atoms with Gasteiger partial charge >= 0.3 is 5.97 Å². The lowest BCUT2D eigenvalue weighted by Gasteiger charge is -2.08. The standard InChI is InChI=1S/C16H17NO5S/c1-21-7-8-22-12-4-2-3-11(9-12)10-17-15(18)13-5-6-14(23-13)16(19)20/h2-6,9H,7-8,10H2,1H3,(H,17,18)(H,19,20). The first kappa shape index (κ1) is 17.0. The van der Waals surface area contributed by atoms with Crippen LogP contribution in [0.15, 0.2) is 36.4 Å². The maximum atomic E-state index is 12.0. The van der Waals surface area contributed by atoms with E-state index in [0.29, 0.717) is 30.4 Å². The molecule has 7 heteroatoms. The minimum atomic E-state index is -1.03. The second kappa shape index (κ2) is 8.30. The van der Waals surface area contributed by atoms with Crippen LogP contribution in [0.25, 0.3) is 0 Å². The summed E-state index contributed by atoms with van der Waals surface area (Å²) in [6.07, 6.45) is 0. The Hall–Kier alpha value is -2.38. The van der Waals surface area contributed by atoms with Crippen LogP contribution in [-0.2, 0) is 11.3 Å². The molecule has 0 spiro atoms. The Labute approximate surface area is 137 Å². The van der Waals surface area contributed by atoms with Gasteiger partial charge in [-0.3, -0.25) is 4.79 Å². The van der Waals surface area contributed by atoms with E-state index in [-0.39, 0.29) is 10.8 Å². The van der Waals surface area contributed by atoms with E-state index in [1.807, 2.05) is 24.3 Å². The molecule has 23 heavy (non-hydrogen) atoms. The molecule has 1 aromatic heterocycles. The van der Waals surface area contributed by atoms with Crippen LogP contribution in [0.2, 0.25) is 0 Å². The number of ether oxygens (including phenoxy) is 2. The molecule has 1 aromatic carbocycles. The van der Waals surface area contributed by atoms with Crippen LogP contribution in [0.3, 0.4) is 0 Å². The third-order valence-electron chi connectivity index (χ3n) is 2.95. The second-order valence-corrected chi connectivity index (χ2v) is 5.72. The summed E-state index contributed by atoms with van der Waals surface area (Å²) in [4.78, 5) is 23.3. The Balaban J connectivity index is 1.90. The highest BCUT2D eigenvalue weighted by Crippen LogP contribution is 2.17. The van der Waals surface area contributed by atoms with Crippen LogP contribution >= 0.6 is 11.3 Å². The van der Waals surface area contributed by atoms with Gasteiger partial charge in [0.25, 0.3) is 5.91 Å². The molecule has 2 N–H and O–H groups in total. The van der Waals surface area contributed by atoms with Gasteiger partial charge in [0.15, 0.2) is 0 Å². The quantitative estimate of drug-likeness (QED) is 0.724. The van der Waals surface area contributed by atoms with E-state index in [9.17, 15) is 9.59 Å². The maximum absolute atomic E-state index is 12.0. The van der Waals surface area contributed by atoms with Crippen LogP contribution < -0.4 is 10.1 Å². The number of nitrogens with one attached hydrogen (secondary N) is 1. The van der Waals surface area contributed by atoms with E-state index in [0.717, 1.165) is 16.9 Å². The normalized spacial score (nSPS) is 10.3. The summed E-state index contributed by atoms with van der Waals surface area (Å²) < 4.78 is 10.4. The van der Waals surface area contributed by atoms with Gasteiger partial charge in [0.1, 0.15) is 17.2 Å². The smallest absolute Gasteiger partial charge is 0.345 e. The van der Waals surface area contributed by atoms with E-state index >= 15 is 0 Å². The van der Waals surface area contributed by atoms with E-state index < -0.39 is 5.97 Å². The van der Waals surface area contributed by atoms with Crippen molar-refractivity contribution in [2.75, 3.05) is 20.3 Å².